The van der Waals surface area contributed by atoms with Crippen molar-refractivity contribution in [2.75, 3.05) is 26.2 Å². The molecule has 0 radical (unpaired) electrons. The highest BCUT2D eigenvalue weighted by Crippen LogP contribution is 2.36. The van der Waals surface area contributed by atoms with Crippen molar-refractivity contribution in [1.82, 2.24) is 10.2 Å². The molecule has 1 aliphatic heterocycles. The zero-order chi connectivity index (χ0) is 14.8. The number of rotatable bonds is 3. The van der Waals surface area contributed by atoms with Gasteiger partial charge in [-0.25, -0.2) is 0 Å². The first-order chi connectivity index (χ1) is 9.43. The van der Waals surface area contributed by atoms with E-state index in [1.165, 1.54) is 12.1 Å². The summed E-state index contributed by atoms with van der Waals surface area (Å²) in [4.78, 5) is 2.17. The number of nitrogens with one attached hydrogen (secondary N) is 1. The van der Waals surface area contributed by atoms with Gasteiger partial charge in [0.05, 0.1) is 16.6 Å². The maximum absolute atomic E-state index is 12.7. The molecule has 0 spiro atoms. The second-order valence-electron chi connectivity index (χ2n) is 4.70. The number of hydrogen-bond donors (Lipinski definition) is 1. The number of piperazine rings is 1. The zero-order valence-electron chi connectivity index (χ0n) is 11.3. The van der Waals surface area contributed by atoms with Gasteiger partial charge < -0.3 is 5.32 Å². The van der Waals surface area contributed by atoms with Crippen LogP contribution >= 0.6 is 24.0 Å². The lowest BCUT2D eigenvalue weighted by molar-refractivity contribution is -0.137. The molecule has 1 N–H and O–H groups in total. The van der Waals surface area contributed by atoms with Crippen molar-refractivity contribution in [2.45, 2.75) is 12.2 Å². The standard InChI is InChI=1S/C14H16ClF3N2.ClH/c1-2-13(20-7-5-19-6-8-20)10-3-4-11(12(15)9-10)14(16,17)18;/h2-4,9,13,19H,1,5-8H2;1H/t13-;/m1./s1. The zero-order valence-corrected chi connectivity index (χ0v) is 12.9. The molecule has 0 bridgehead atoms. The average molecular weight is 341 g/mol. The summed E-state index contributed by atoms with van der Waals surface area (Å²) in [6, 6.07) is 3.79. The quantitative estimate of drug-likeness (QED) is 0.839. The van der Waals surface area contributed by atoms with Crippen molar-refractivity contribution >= 4 is 24.0 Å². The van der Waals surface area contributed by atoms with Gasteiger partial charge in [-0.3, -0.25) is 4.90 Å². The largest absolute Gasteiger partial charge is 0.417 e. The molecule has 2 rings (SSSR count). The van der Waals surface area contributed by atoms with Crippen LogP contribution in [-0.4, -0.2) is 31.1 Å². The minimum atomic E-state index is -4.42. The van der Waals surface area contributed by atoms with Gasteiger partial charge >= 0.3 is 6.18 Å². The number of alkyl halides is 3. The summed E-state index contributed by atoms with van der Waals surface area (Å²) in [5.41, 5.74) is -0.0639. The molecule has 118 valence electrons. The third kappa shape index (κ3) is 4.36. The minimum absolute atomic E-state index is 0. The summed E-state index contributed by atoms with van der Waals surface area (Å²) in [5.74, 6) is 0. The van der Waals surface area contributed by atoms with Gasteiger partial charge in [0, 0.05) is 26.2 Å². The summed E-state index contributed by atoms with van der Waals surface area (Å²) in [7, 11) is 0. The molecule has 1 aromatic rings. The highest BCUT2D eigenvalue weighted by molar-refractivity contribution is 6.31. The highest BCUT2D eigenvalue weighted by Gasteiger charge is 2.33. The lowest BCUT2D eigenvalue weighted by atomic mass is 10.0. The smallest absolute Gasteiger partial charge is 0.314 e. The van der Waals surface area contributed by atoms with Gasteiger partial charge in [-0.2, -0.15) is 13.2 Å². The number of nitrogens with zero attached hydrogens (tertiary/aromatic N) is 1. The maximum atomic E-state index is 12.7. The molecule has 0 saturated carbocycles. The Morgan fingerprint density at radius 3 is 2.38 bits per heavy atom. The Labute approximate surface area is 133 Å². The van der Waals surface area contributed by atoms with Crippen molar-refractivity contribution in [3.63, 3.8) is 0 Å². The fourth-order valence-corrected chi connectivity index (χ4v) is 2.70. The topological polar surface area (TPSA) is 15.3 Å². The Balaban J connectivity index is 0.00000220. The molecule has 1 aromatic carbocycles. The molecule has 0 aliphatic carbocycles. The predicted octanol–water partition coefficient (Wildman–Crippen LogP) is 3.91. The average Bonchev–Trinajstić information content (AvgIpc) is 2.39. The SMILES string of the molecule is C=C[C@H](c1ccc(C(F)(F)F)c(Cl)c1)N1CCNCC1.Cl. The molecular formula is C14H17Cl2F3N2. The van der Waals surface area contributed by atoms with E-state index in [4.69, 9.17) is 11.6 Å². The lowest BCUT2D eigenvalue weighted by Crippen LogP contribution is -2.44. The number of hydrogen-bond acceptors (Lipinski definition) is 2. The first kappa shape index (κ1) is 18.3. The summed E-state index contributed by atoms with van der Waals surface area (Å²) in [5, 5.41) is 2.97. The number of halogens is 5. The van der Waals surface area contributed by atoms with Crippen LogP contribution in [0.3, 0.4) is 0 Å². The highest BCUT2D eigenvalue weighted by atomic mass is 35.5. The van der Waals surface area contributed by atoms with Crippen LogP contribution in [0.4, 0.5) is 13.2 Å². The van der Waals surface area contributed by atoms with Crippen LogP contribution in [0.15, 0.2) is 30.9 Å². The first-order valence-electron chi connectivity index (χ1n) is 6.37. The lowest BCUT2D eigenvalue weighted by Gasteiger charge is -2.33. The number of benzene rings is 1. The van der Waals surface area contributed by atoms with Gasteiger partial charge in [-0.15, -0.1) is 19.0 Å². The van der Waals surface area contributed by atoms with Crippen LogP contribution in [0.5, 0.6) is 0 Å². The molecule has 1 heterocycles. The van der Waals surface area contributed by atoms with Crippen LogP contribution in [0.1, 0.15) is 17.2 Å². The Hall–Kier alpha value is -0.750. The molecule has 7 heteroatoms. The van der Waals surface area contributed by atoms with E-state index >= 15 is 0 Å². The fourth-order valence-electron chi connectivity index (χ4n) is 2.40. The van der Waals surface area contributed by atoms with Crippen LogP contribution in [-0.2, 0) is 6.18 Å². The normalized spacial score (nSPS) is 17.9. The minimum Gasteiger partial charge on any atom is -0.314 e. The molecule has 2 nitrogen and oxygen atoms in total. The Bertz CT molecular complexity index is 486. The Kier molecular flexibility index (Phi) is 6.53. The molecule has 1 saturated heterocycles. The predicted molar refractivity (Wildman–Crippen MR) is 81.1 cm³/mol. The van der Waals surface area contributed by atoms with Gasteiger partial charge in [-0.05, 0) is 17.7 Å². The van der Waals surface area contributed by atoms with E-state index in [9.17, 15) is 13.2 Å². The summed E-state index contributed by atoms with van der Waals surface area (Å²) in [6.45, 7) is 7.16. The Morgan fingerprint density at radius 2 is 1.90 bits per heavy atom. The van der Waals surface area contributed by atoms with Crippen molar-refractivity contribution in [3.05, 3.63) is 47.0 Å². The van der Waals surface area contributed by atoms with E-state index < -0.39 is 11.7 Å². The Morgan fingerprint density at radius 1 is 1.29 bits per heavy atom. The van der Waals surface area contributed by atoms with E-state index in [1.54, 1.807) is 6.08 Å². The van der Waals surface area contributed by atoms with Gasteiger partial charge in [0.15, 0.2) is 0 Å². The van der Waals surface area contributed by atoms with E-state index in [-0.39, 0.29) is 23.5 Å². The summed E-state index contributed by atoms with van der Waals surface area (Å²) < 4.78 is 38.1. The molecule has 1 fully saturated rings. The molecule has 0 unspecified atom stereocenters. The molecule has 1 aliphatic rings. The van der Waals surface area contributed by atoms with Crippen molar-refractivity contribution in [2.24, 2.45) is 0 Å². The fraction of sp³-hybridized carbons (Fsp3) is 0.429. The van der Waals surface area contributed by atoms with E-state index in [0.717, 1.165) is 37.8 Å². The van der Waals surface area contributed by atoms with E-state index in [1.807, 2.05) is 0 Å². The van der Waals surface area contributed by atoms with E-state index in [2.05, 4.69) is 16.8 Å². The van der Waals surface area contributed by atoms with E-state index in [0.29, 0.717) is 0 Å². The molecule has 0 amide bonds. The van der Waals surface area contributed by atoms with Crippen molar-refractivity contribution in [1.29, 1.82) is 0 Å². The molecule has 21 heavy (non-hydrogen) atoms. The van der Waals surface area contributed by atoms with Crippen LogP contribution in [0.2, 0.25) is 5.02 Å². The molecule has 0 aromatic heterocycles. The second kappa shape index (κ2) is 7.49. The van der Waals surface area contributed by atoms with Crippen LogP contribution < -0.4 is 5.32 Å². The second-order valence-corrected chi connectivity index (χ2v) is 5.11. The molecule has 1 atom stereocenters. The third-order valence-electron chi connectivity index (χ3n) is 3.41. The summed E-state index contributed by atoms with van der Waals surface area (Å²) >= 11 is 5.77. The van der Waals surface area contributed by atoms with Gasteiger partial charge in [0.2, 0.25) is 0 Å². The molecular weight excluding hydrogens is 324 g/mol. The van der Waals surface area contributed by atoms with Gasteiger partial charge in [0.1, 0.15) is 0 Å². The van der Waals surface area contributed by atoms with Gasteiger partial charge in [-0.1, -0.05) is 23.7 Å². The summed E-state index contributed by atoms with van der Waals surface area (Å²) in [6.07, 6.45) is -2.68. The van der Waals surface area contributed by atoms with Crippen LogP contribution in [0.25, 0.3) is 0 Å². The third-order valence-corrected chi connectivity index (χ3v) is 3.72. The maximum Gasteiger partial charge on any atom is 0.417 e. The van der Waals surface area contributed by atoms with Crippen molar-refractivity contribution < 1.29 is 13.2 Å². The monoisotopic (exact) mass is 340 g/mol. The van der Waals surface area contributed by atoms with Crippen molar-refractivity contribution in [3.8, 4) is 0 Å². The van der Waals surface area contributed by atoms with Gasteiger partial charge in [0.25, 0.3) is 0 Å². The van der Waals surface area contributed by atoms with Crippen LogP contribution in [0, 0.1) is 0 Å². The first-order valence-corrected chi connectivity index (χ1v) is 6.75.